The number of para-hydroxylation sites is 1. The van der Waals surface area contributed by atoms with Crippen LogP contribution in [0.3, 0.4) is 0 Å². The Morgan fingerprint density at radius 1 is 1.12 bits per heavy atom. The van der Waals surface area contributed by atoms with Gasteiger partial charge in [-0.3, -0.25) is 9.69 Å². The van der Waals surface area contributed by atoms with E-state index in [1.54, 1.807) is 14.2 Å². The number of aliphatic hydroxyl groups excluding tert-OH is 1. The van der Waals surface area contributed by atoms with Crippen molar-refractivity contribution in [2.75, 3.05) is 34.2 Å². The first kappa shape index (κ1) is 23.7. The summed E-state index contributed by atoms with van der Waals surface area (Å²) in [7, 11) is 3.20. The second-order valence-corrected chi connectivity index (χ2v) is 7.60. The molecule has 32 heavy (non-hydrogen) atoms. The lowest BCUT2D eigenvalue weighted by Crippen LogP contribution is -2.35. The van der Waals surface area contributed by atoms with Crippen molar-refractivity contribution in [1.82, 2.24) is 4.90 Å². The van der Waals surface area contributed by atoms with Gasteiger partial charge in [0.25, 0.3) is 0 Å². The molecule has 8 heteroatoms. The lowest BCUT2D eigenvalue weighted by atomic mass is 10.1. The number of benzene rings is 2. The number of fused-ring (bicyclic) bond motifs is 1. The van der Waals surface area contributed by atoms with Gasteiger partial charge in [-0.2, -0.15) is 0 Å². The van der Waals surface area contributed by atoms with Gasteiger partial charge < -0.3 is 28.8 Å². The Hall–Kier alpha value is -2.97. The number of carbonyl (C=O) groups excluding carboxylic acids is 1. The minimum atomic E-state index is -0.832. The van der Waals surface area contributed by atoms with Crippen molar-refractivity contribution in [1.29, 1.82) is 0 Å². The molecule has 0 aromatic heterocycles. The molecule has 1 atom stereocenters. The normalized spacial score (nSPS) is 13.2. The molecule has 1 aliphatic rings. The molecule has 0 amide bonds. The van der Waals surface area contributed by atoms with E-state index in [0.29, 0.717) is 49.7 Å². The van der Waals surface area contributed by atoms with E-state index in [2.05, 4.69) is 4.90 Å². The molecule has 1 unspecified atom stereocenters. The first-order valence-electron chi connectivity index (χ1n) is 10.7. The van der Waals surface area contributed by atoms with Gasteiger partial charge >= 0.3 is 5.97 Å². The summed E-state index contributed by atoms with van der Waals surface area (Å²) in [5, 5.41) is 10.6. The molecule has 1 aliphatic heterocycles. The van der Waals surface area contributed by atoms with Crippen LogP contribution in [0.1, 0.15) is 30.9 Å². The van der Waals surface area contributed by atoms with Gasteiger partial charge in [0, 0.05) is 31.6 Å². The van der Waals surface area contributed by atoms with E-state index in [0.717, 1.165) is 16.9 Å². The lowest BCUT2D eigenvalue weighted by Gasteiger charge is -2.26. The predicted octanol–water partition coefficient (Wildman–Crippen LogP) is 3.14. The topological polar surface area (TPSA) is 86.7 Å². The van der Waals surface area contributed by atoms with Crippen LogP contribution in [0.15, 0.2) is 36.4 Å². The van der Waals surface area contributed by atoms with Gasteiger partial charge in [-0.15, -0.1) is 0 Å². The van der Waals surface area contributed by atoms with Crippen molar-refractivity contribution in [3.63, 3.8) is 0 Å². The molecule has 0 saturated heterocycles. The van der Waals surface area contributed by atoms with Crippen LogP contribution in [0.4, 0.5) is 0 Å². The van der Waals surface area contributed by atoms with Crippen molar-refractivity contribution in [2.24, 2.45) is 0 Å². The number of methoxy groups -OCH3 is 2. The Balaban J connectivity index is 1.75. The van der Waals surface area contributed by atoms with Crippen LogP contribution >= 0.6 is 0 Å². The van der Waals surface area contributed by atoms with Crippen molar-refractivity contribution >= 4 is 5.97 Å². The van der Waals surface area contributed by atoms with Crippen LogP contribution in [0.2, 0.25) is 0 Å². The van der Waals surface area contributed by atoms with Crippen LogP contribution in [0.25, 0.3) is 0 Å². The maximum atomic E-state index is 11.7. The highest BCUT2D eigenvalue weighted by atomic mass is 16.7. The summed E-state index contributed by atoms with van der Waals surface area (Å²) < 4.78 is 27.1. The van der Waals surface area contributed by atoms with Crippen LogP contribution < -0.4 is 18.9 Å². The number of rotatable bonds is 12. The number of esters is 1. The van der Waals surface area contributed by atoms with Gasteiger partial charge in [-0.25, -0.2) is 0 Å². The smallest absolute Gasteiger partial charge is 0.305 e. The Labute approximate surface area is 188 Å². The highest BCUT2D eigenvalue weighted by Crippen LogP contribution is 2.34. The van der Waals surface area contributed by atoms with E-state index >= 15 is 0 Å². The molecule has 0 saturated carbocycles. The molecule has 8 nitrogen and oxygen atoms in total. The van der Waals surface area contributed by atoms with Crippen molar-refractivity contribution in [3.8, 4) is 23.0 Å². The second-order valence-electron chi connectivity index (χ2n) is 7.60. The van der Waals surface area contributed by atoms with Gasteiger partial charge in [0.2, 0.25) is 6.79 Å². The van der Waals surface area contributed by atoms with Crippen molar-refractivity contribution in [3.05, 3.63) is 47.5 Å². The molecule has 0 bridgehead atoms. The van der Waals surface area contributed by atoms with E-state index < -0.39 is 6.10 Å². The van der Waals surface area contributed by atoms with Crippen molar-refractivity contribution < 1.29 is 33.6 Å². The van der Waals surface area contributed by atoms with Crippen LogP contribution in [0, 0.1) is 0 Å². The molecule has 0 radical (unpaired) electrons. The summed E-state index contributed by atoms with van der Waals surface area (Å²) in [5.41, 5.74) is 1.93. The molecule has 174 valence electrons. The third-order valence-electron chi connectivity index (χ3n) is 5.08. The average Bonchev–Trinajstić information content (AvgIpc) is 3.25. The lowest BCUT2D eigenvalue weighted by molar-refractivity contribution is -0.147. The molecule has 1 heterocycles. The standard InChI is InChI=1S/C24H31NO7/c1-4-6-23(27)30-15-19(26)14-25(12-17-9-10-20-22(11-17)32-16-31-20)13-18-7-5-8-21(28-2)24(18)29-3/h5,7-11,19,26H,4,6,12-16H2,1-3H3. The maximum absolute atomic E-state index is 11.7. The van der Waals surface area contributed by atoms with Gasteiger partial charge in [0.1, 0.15) is 12.7 Å². The number of hydrogen-bond acceptors (Lipinski definition) is 8. The van der Waals surface area contributed by atoms with Gasteiger partial charge in [0.15, 0.2) is 23.0 Å². The number of aliphatic hydroxyl groups is 1. The predicted molar refractivity (Wildman–Crippen MR) is 118 cm³/mol. The zero-order chi connectivity index (χ0) is 22.9. The molecule has 2 aromatic rings. The fourth-order valence-corrected chi connectivity index (χ4v) is 3.62. The molecule has 0 aliphatic carbocycles. The highest BCUT2D eigenvalue weighted by Gasteiger charge is 2.20. The first-order valence-corrected chi connectivity index (χ1v) is 10.7. The van der Waals surface area contributed by atoms with Crippen LogP contribution in [0.5, 0.6) is 23.0 Å². The minimum Gasteiger partial charge on any atom is -0.493 e. The van der Waals surface area contributed by atoms with Gasteiger partial charge in [0.05, 0.1) is 14.2 Å². The number of carbonyl (C=O) groups is 1. The fourth-order valence-electron chi connectivity index (χ4n) is 3.62. The minimum absolute atomic E-state index is 0.0499. The van der Waals surface area contributed by atoms with E-state index in [9.17, 15) is 9.90 Å². The Morgan fingerprint density at radius 3 is 2.69 bits per heavy atom. The van der Waals surface area contributed by atoms with E-state index in [1.807, 2.05) is 43.3 Å². The number of ether oxygens (including phenoxy) is 5. The molecule has 0 fully saturated rings. The third kappa shape index (κ3) is 6.27. The number of nitrogens with zero attached hydrogens (tertiary/aromatic N) is 1. The fraction of sp³-hybridized carbons (Fsp3) is 0.458. The van der Waals surface area contributed by atoms with Gasteiger partial charge in [-0.05, 0) is 30.2 Å². The monoisotopic (exact) mass is 445 g/mol. The zero-order valence-corrected chi connectivity index (χ0v) is 18.8. The molecule has 3 rings (SSSR count). The third-order valence-corrected chi connectivity index (χ3v) is 5.08. The Morgan fingerprint density at radius 2 is 1.94 bits per heavy atom. The Kier molecular flexibility index (Phi) is 8.58. The summed E-state index contributed by atoms with van der Waals surface area (Å²) in [6.07, 6.45) is 0.219. The van der Waals surface area contributed by atoms with Gasteiger partial charge in [-0.1, -0.05) is 25.1 Å². The summed E-state index contributed by atoms with van der Waals surface area (Å²) in [4.78, 5) is 13.7. The van der Waals surface area contributed by atoms with E-state index in [-0.39, 0.29) is 19.4 Å². The molecule has 2 aromatic carbocycles. The van der Waals surface area contributed by atoms with E-state index in [4.69, 9.17) is 23.7 Å². The summed E-state index contributed by atoms with van der Waals surface area (Å²) in [6.45, 7) is 3.41. The average molecular weight is 446 g/mol. The zero-order valence-electron chi connectivity index (χ0n) is 18.8. The summed E-state index contributed by atoms with van der Waals surface area (Å²) in [5.74, 6) is 2.41. The summed E-state index contributed by atoms with van der Waals surface area (Å²) in [6, 6.07) is 11.5. The molecule has 1 N–H and O–H groups in total. The summed E-state index contributed by atoms with van der Waals surface area (Å²) >= 11 is 0. The van der Waals surface area contributed by atoms with Crippen LogP contribution in [-0.4, -0.2) is 56.2 Å². The Bertz CT molecular complexity index is 902. The first-order chi connectivity index (χ1) is 15.5. The van der Waals surface area contributed by atoms with Crippen LogP contribution in [-0.2, 0) is 22.6 Å². The van der Waals surface area contributed by atoms with E-state index in [1.165, 1.54) is 0 Å². The maximum Gasteiger partial charge on any atom is 0.305 e. The highest BCUT2D eigenvalue weighted by molar-refractivity contribution is 5.69. The molecule has 0 spiro atoms. The number of hydrogen-bond donors (Lipinski definition) is 1. The van der Waals surface area contributed by atoms with Crippen molar-refractivity contribution in [2.45, 2.75) is 39.0 Å². The largest absolute Gasteiger partial charge is 0.493 e. The second kappa shape index (κ2) is 11.6. The molecular formula is C24H31NO7. The molecular weight excluding hydrogens is 414 g/mol. The SMILES string of the molecule is CCCC(=O)OCC(O)CN(Cc1ccc2c(c1)OCO2)Cc1cccc(OC)c1OC. The quantitative estimate of drug-likeness (QED) is 0.499.